The molecule has 2 rings (SSSR count). The van der Waals surface area contributed by atoms with Gasteiger partial charge in [0.2, 0.25) is 0 Å². The third-order valence-corrected chi connectivity index (χ3v) is 3.43. The van der Waals surface area contributed by atoms with Gasteiger partial charge in [-0.25, -0.2) is 10.1 Å². The molecule has 83 valence electrons. The number of aromatic nitrogens is 1. The molecule has 0 aliphatic heterocycles. The Morgan fingerprint density at radius 1 is 1.19 bits per heavy atom. The first-order valence-corrected chi connectivity index (χ1v) is 6.10. The van der Waals surface area contributed by atoms with Gasteiger partial charge in [0.05, 0.1) is 5.69 Å². The lowest BCUT2D eigenvalue weighted by molar-refractivity contribution is 0.177. The van der Waals surface area contributed by atoms with E-state index in [-0.39, 0.29) is 6.61 Å². The number of benzene rings is 1. The van der Waals surface area contributed by atoms with Gasteiger partial charge in [-0.1, -0.05) is 17.7 Å². The van der Waals surface area contributed by atoms with E-state index in [9.17, 15) is 5.11 Å². The number of hydrogen-bond donors (Lipinski definition) is 0. The minimum Gasteiger partial charge on any atom is -0.239 e. The van der Waals surface area contributed by atoms with E-state index in [0.717, 1.165) is 5.69 Å². The zero-order valence-electron chi connectivity index (χ0n) is 9.70. The highest BCUT2D eigenvalue weighted by Gasteiger charge is 2.10. The summed E-state index contributed by atoms with van der Waals surface area (Å²) >= 11 is 1.44. The third-order valence-electron chi connectivity index (χ3n) is 2.61. The van der Waals surface area contributed by atoms with Gasteiger partial charge in [-0.05, 0) is 31.9 Å². The second kappa shape index (κ2) is 4.36. The van der Waals surface area contributed by atoms with Crippen molar-refractivity contribution in [2.24, 2.45) is 0 Å². The van der Waals surface area contributed by atoms with Crippen molar-refractivity contribution in [3.05, 3.63) is 39.2 Å². The lowest BCUT2D eigenvalue weighted by atomic mass is 9.98. The second-order valence-electron chi connectivity index (χ2n) is 4.04. The van der Waals surface area contributed by atoms with Crippen LogP contribution in [0, 0.1) is 20.8 Å². The van der Waals surface area contributed by atoms with Crippen molar-refractivity contribution in [3.63, 3.8) is 0 Å². The number of thiazole rings is 1. The maximum absolute atomic E-state index is 10.7. The predicted octanol–water partition coefficient (Wildman–Crippen LogP) is 3.67. The smallest absolute Gasteiger partial charge is 0.134 e. The molecule has 0 amide bonds. The Bertz CT molecular complexity index is 493. The molecule has 0 fully saturated rings. The third kappa shape index (κ3) is 2.01. The zero-order valence-corrected chi connectivity index (χ0v) is 10.5. The number of hydrogen-bond acceptors (Lipinski definition) is 2. The SMILES string of the molecule is Cc1cc(C)c(-c2csc(C[O])n2)c(C)c1. The molecule has 3 heteroatoms. The van der Waals surface area contributed by atoms with Crippen LogP contribution in [0.15, 0.2) is 17.5 Å². The molecule has 2 aromatic rings. The van der Waals surface area contributed by atoms with Gasteiger partial charge in [-0.15, -0.1) is 11.3 Å². The molecule has 2 nitrogen and oxygen atoms in total. The molecule has 0 saturated carbocycles. The standard InChI is InChI=1S/C13H14NOS/c1-8-4-9(2)13(10(3)5-8)11-7-16-12(6-15)14-11/h4-5,7H,6H2,1-3H3. The summed E-state index contributed by atoms with van der Waals surface area (Å²) in [6.07, 6.45) is 0. The first-order valence-electron chi connectivity index (χ1n) is 5.22. The van der Waals surface area contributed by atoms with Crippen LogP contribution in [0.25, 0.3) is 11.3 Å². The van der Waals surface area contributed by atoms with E-state index in [1.165, 1.54) is 33.6 Å². The normalized spacial score (nSPS) is 10.8. The van der Waals surface area contributed by atoms with E-state index in [0.29, 0.717) is 5.01 Å². The van der Waals surface area contributed by atoms with Gasteiger partial charge >= 0.3 is 0 Å². The van der Waals surface area contributed by atoms with Crippen LogP contribution in [-0.4, -0.2) is 4.98 Å². The van der Waals surface area contributed by atoms with E-state index in [2.05, 4.69) is 37.9 Å². The van der Waals surface area contributed by atoms with Crippen LogP contribution < -0.4 is 0 Å². The summed E-state index contributed by atoms with van der Waals surface area (Å²) in [5.74, 6) is 0. The largest absolute Gasteiger partial charge is 0.239 e. The molecular weight excluding hydrogens is 218 g/mol. The Hall–Kier alpha value is -1.19. The van der Waals surface area contributed by atoms with Gasteiger partial charge < -0.3 is 0 Å². The minimum atomic E-state index is -0.228. The van der Waals surface area contributed by atoms with Crippen LogP contribution in [0.5, 0.6) is 0 Å². The molecule has 0 spiro atoms. The van der Waals surface area contributed by atoms with Crippen LogP contribution in [0.2, 0.25) is 0 Å². The van der Waals surface area contributed by atoms with Crippen molar-refractivity contribution in [2.75, 3.05) is 0 Å². The van der Waals surface area contributed by atoms with Crippen LogP contribution in [0.3, 0.4) is 0 Å². The first kappa shape index (κ1) is 11.3. The summed E-state index contributed by atoms with van der Waals surface area (Å²) in [5, 5.41) is 13.4. The summed E-state index contributed by atoms with van der Waals surface area (Å²) in [6, 6.07) is 4.30. The Morgan fingerprint density at radius 2 is 1.81 bits per heavy atom. The average Bonchev–Trinajstić information content (AvgIpc) is 2.64. The molecule has 1 radical (unpaired) electrons. The van der Waals surface area contributed by atoms with Gasteiger partial charge in [-0.3, -0.25) is 0 Å². The average molecular weight is 232 g/mol. The maximum atomic E-state index is 10.7. The van der Waals surface area contributed by atoms with Gasteiger partial charge in [0, 0.05) is 10.9 Å². The molecule has 0 saturated heterocycles. The molecule has 16 heavy (non-hydrogen) atoms. The van der Waals surface area contributed by atoms with Crippen LogP contribution in [0.4, 0.5) is 0 Å². The zero-order chi connectivity index (χ0) is 11.7. The van der Waals surface area contributed by atoms with Gasteiger partial charge in [0.15, 0.2) is 0 Å². The van der Waals surface area contributed by atoms with E-state index < -0.39 is 0 Å². The van der Waals surface area contributed by atoms with Crippen molar-refractivity contribution in [2.45, 2.75) is 27.4 Å². The molecule has 0 N–H and O–H groups in total. The molecule has 0 atom stereocenters. The lowest BCUT2D eigenvalue weighted by Crippen LogP contribution is -1.90. The highest BCUT2D eigenvalue weighted by Crippen LogP contribution is 2.29. The second-order valence-corrected chi connectivity index (χ2v) is 4.99. The maximum Gasteiger partial charge on any atom is 0.134 e. The van der Waals surface area contributed by atoms with Gasteiger partial charge in [0.1, 0.15) is 11.6 Å². The molecule has 1 aromatic carbocycles. The molecular formula is C13H14NOS. The van der Waals surface area contributed by atoms with Crippen molar-refractivity contribution in [1.29, 1.82) is 0 Å². The fourth-order valence-corrected chi connectivity index (χ4v) is 2.71. The van der Waals surface area contributed by atoms with Crippen molar-refractivity contribution < 1.29 is 5.11 Å². The van der Waals surface area contributed by atoms with E-state index in [1.807, 2.05) is 5.38 Å². The van der Waals surface area contributed by atoms with Gasteiger partial charge in [0.25, 0.3) is 0 Å². The quantitative estimate of drug-likeness (QED) is 0.777. The summed E-state index contributed by atoms with van der Waals surface area (Å²) in [7, 11) is 0. The number of aryl methyl sites for hydroxylation is 3. The summed E-state index contributed by atoms with van der Waals surface area (Å²) in [5.41, 5.74) is 5.81. The highest BCUT2D eigenvalue weighted by molar-refractivity contribution is 7.09. The van der Waals surface area contributed by atoms with Crippen molar-refractivity contribution in [1.82, 2.24) is 4.98 Å². The molecule has 1 heterocycles. The minimum absolute atomic E-state index is 0.228. The topological polar surface area (TPSA) is 32.8 Å². The highest BCUT2D eigenvalue weighted by atomic mass is 32.1. The Labute approximate surface area is 99.6 Å². The summed E-state index contributed by atoms with van der Waals surface area (Å²) in [4.78, 5) is 4.36. The Kier molecular flexibility index (Phi) is 3.08. The van der Waals surface area contributed by atoms with Crippen LogP contribution in [-0.2, 0) is 11.7 Å². The first-order chi connectivity index (χ1) is 7.61. The predicted molar refractivity (Wildman–Crippen MR) is 66.2 cm³/mol. The van der Waals surface area contributed by atoms with Crippen LogP contribution in [0.1, 0.15) is 21.7 Å². The molecule has 0 aliphatic carbocycles. The molecule has 0 bridgehead atoms. The lowest BCUT2D eigenvalue weighted by Gasteiger charge is -2.08. The van der Waals surface area contributed by atoms with Crippen LogP contribution >= 0.6 is 11.3 Å². The monoisotopic (exact) mass is 232 g/mol. The molecule has 0 aliphatic rings. The summed E-state index contributed by atoms with van der Waals surface area (Å²) < 4.78 is 0. The fraction of sp³-hybridized carbons (Fsp3) is 0.308. The fourth-order valence-electron chi connectivity index (χ4n) is 2.08. The molecule has 1 aromatic heterocycles. The van der Waals surface area contributed by atoms with Crippen molar-refractivity contribution in [3.8, 4) is 11.3 Å². The van der Waals surface area contributed by atoms with E-state index in [1.54, 1.807) is 0 Å². The van der Waals surface area contributed by atoms with Crippen molar-refractivity contribution >= 4 is 11.3 Å². The Balaban J connectivity index is 2.55. The van der Waals surface area contributed by atoms with E-state index >= 15 is 0 Å². The van der Waals surface area contributed by atoms with Gasteiger partial charge in [-0.2, -0.15) is 0 Å². The number of nitrogens with zero attached hydrogens (tertiary/aromatic N) is 1. The summed E-state index contributed by atoms with van der Waals surface area (Å²) in [6.45, 7) is 6.04. The van der Waals surface area contributed by atoms with E-state index in [4.69, 9.17) is 0 Å². The number of rotatable bonds is 2. The Morgan fingerprint density at radius 3 is 2.31 bits per heavy atom. The molecule has 0 unspecified atom stereocenters.